The first kappa shape index (κ1) is 11.0. The molecular formula is C10H21NO2. The SMILES string of the molecule is CCC(O)(CN)CC1CCOCC1. The summed E-state index contributed by atoms with van der Waals surface area (Å²) in [6.07, 6.45) is 3.73. The lowest BCUT2D eigenvalue weighted by Gasteiger charge is -2.31. The number of ether oxygens (including phenoxy) is 1. The molecule has 3 nitrogen and oxygen atoms in total. The maximum Gasteiger partial charge on any atom is 0.0769 e. The Morgan fingerprint density at radius 1 is 1.46 bits per heavy atom. The van der Waals surface area contributed by atoms with Crippen molar-refractivity contribution in [2.24, 2.45) is 11.7 Å². The summed E-state index contributed by atoms with van der Waals surface area (Å²) in [6, 6.07) is 0. The third-order valence-electron chi connectivity index (χ3n) is 3.05. The first-order valence-electron chi connectivity index (χ1n) is 5.20. The number of aliphatic hydroxyl groups is 1. The van der Waals surface area contributed by atoms with Crippen LogP contribution in [-0.4, -0.2) is 30.5 Å². The molecule has 0 aromatic carbocycles. The summed E-state index contributed by atoms with van der Waals surface area (Å²) in [5.41, 5.74) is 4.92. The Labute approximate surface area is 80.3 Å². The zero-order chi connectivity index (χ0) is 9.73. The van der Waals surface area contributed by atoms with E-state index in [1.165, 1.54) is 0 Å². The summed E-state index contributed by atoms with van der Waals surface area (Å²) in [4.78, 5) is 0. The van der Waals surface area contributed by atoms with Crippen molar-refractivity contribution in [3.63, 3.8) is 0 Å². The Kier molecular flexibility index (Phi) is 4.16. The van der Waals surface area contributed by atoms with E-state index < -0.39 is 5.60 Å². The first-order valence-corrected chi connectivity index (χ1v) is 5.20. The highest BCUT2D eigenvalue weighted by molar-refractivity contribution is 4.82. The van der Waals surface area contributed by atoms with Crippen molar-refractivity contribution < 1.29 is 9.84 Å². The van der Waals surface area contributed by atoms with E-state index in [0.717, 1.165) is 38.9 Å². The van der Waals surface area contributed by atoms with Gasteiger partial charge < -0.3 is 15.6 Å². The highest BCUT2D eigenvalue weighted by atomic mass is 16.5. The van der Waals surface area contributed by atoms with Gasteiger partial charge in [0.25, 0.3) is 0 Å². The van der Waals surface area contributed by atoms with E-state index in [4.69, 9.17) is 10.5 Å². The lowest BCUT2D eigenvalue weighted by atomic mass is 9.84. The Morgan fingerprint density at radius 3 is 2.54 bits per heavy atom. The largest absolute Gasteiger partial charge is 0.389 e. The van der Waals surface area contributed by atoms with Gasteiger partial charge in [-0.3, -0.25) is 0 Å². The van der Waals surface area contributed by atoms with E-state index in [1.54, 1.807) is 0 Å². The molecule has 1 atom stereocenters. The molecule has 0 amide bonds. The molecule has 1 heterocycles. The zero-order valence-electron chi connectivity index (χ0n) is 8.46. The Hall–Kier alpha value is -0.120. The van der Waals surface area contributed by atoms with Gasteiger partial charge in [0.2, 0.25) is 0 Å². The van der Waals surface area contributed by atoms with Crippen LogP contribution in [0, 0.1) is 5.92 Å². The molecule has 13 heavy (non-hydrogen) atoms. The van der Waals surface area contributed by atoms with Crippen LogP contribution >= 0.6 is 0 Å². The molecule has 0 bridgehead atoms. The van der Waals surface area contributed by atoms with E-state index in [9.17, 15) is 5.11 Å². The van der Waals surface area contributed by atoms with Gasteiger partial charge in [0.1, 0.15) is 0 Å². The van der Waals surface area contributed by atoms with Crippen LogP contribution in [0.3, 0.4) is 0 Å². The summed E-state index contributed by atoms with van der Waals surface area (Å²) >= 11 is 0. The third-order valence-corrected chi connectivity index (χ3v) is 3.05. The minimum absolute atomic E-state index is 0.376. The second-order valence-electron chi connectivity index (χ2n) is 4.04. The van der Waals surface area contributed by atoms with Gasteiger partial charge >= 0.3 is 0 Å². The number of hydrogen-bond acceptors (Lipinski definition) is 3. The molecule has 3 N–H and O–H groups in total. The van der Waals surface area contributed by atoms with Gasteiger partial charge in [-0.05, 0) is 31.6 Å². The van der Waals surface area contributed by atoms with E-state index in [1.807, 2.05) is 6.92 Å². The molecule has 1 aliphatic heterocycles. The normalized spacial score (nSPS) is 24.2. The maximum absolute atomic E-state index is 10.0. The highest BCUT2D eigenvalue weighted by Crippen LogP contribution is 2.26. The first-order chi connectivity index (χ1) is 6.20. The molecule has 1 fully saturated rings. The van der Waals surface area contributed by atoms with Gasteiger partial charge in [0, 0.05) is 19.8 Å². The summed E-state index contributed by atoms with van der Waals surface area (Å²) in [7, 11) is 0. The van der Waals surface area contributed by atoms with E-state index in [0.29, 0.717) is 12.5 Å². The fourth-order valence-corrected chi connectivity index (χ4v) is 1.86. The molecule has 78 valence electrons. The zero-order valence-corrected chi connectivity index (χ0v) is 8.46. The average Bonchev–Trinajstić information content (AvgIpc) is 2.19. The van der Waals surface area contributed by atoms with Crippen LogP contribution < -0.4 is 5.73 Å². The van der Waals surface area contributed by atoms with Crippen molar-refractivity contribution in [3.05, 3.63) is 0 Å². The van der Waals surface area contributed by atoms with Gasteiger partial charge in [0.15, 0.2) is 0 Å². The predicted octanol–water partition coefficient (Wildman–Crippen LogP) is 0.903. The second-order valence-corrected chi connectivity index (χ2v) is 4.04. The van der Waals surface area contributed by atoms with Crippen molar-refractivity contribution in [2.45, 2.75) is 38.2 Å². The van der Waals surface area contributed by atoms with Crippen LogP contribution in [-0.2, 0) is 4.74 Å². The Morgan fingerprint density at radius 2 is 2.08 bits per heavy atom. The fraction of sp³-hybridized carbons (Fsp3) is 1.00. The number of hydrogen-bond donors (Lipinski definition) is 2. The maximum atomic E-state index is 10.0. The van der Waals surface area contributed by atoms with Crippen molar-refractivity contribution in [1.29, 1.82) is 0 Å². The van der Waals surface area contributed by atoms with Crippen molar-refractivity contribution >= 4 is 0 Å². The van der Waals surface area contributed by atoms with E-state index in [-0.39, 0.29) is 0 Å². The topological polar surface area (TPSA) is 55.5 Å². The van der Waals surface area contributed by atoms with E-state index >= 15 is 0 Å². The Bertz CT molecular complexity index is 140. The molecule has 3 heteroatoms. The van der Waals surface area contributed by atoms with Crippen LogP contribution in [0.15, 0.2) is 0 Å². The number of rotatable bonds is 4. The van der Waals surface area contributed by atoms with Gasteiger partial charge in [-0.15, -0.1) is 0 Å². The molecule has 0 saturated carbocycles. The van der Waals surface area contributed by atoms with Crippen LogP contribution in [0.2, 0.25) is 0 Å². The van der Waals surface area contributed by atoms with Gasteiger partial charge in [-0.1, -0.05) is 6.92 Å². The average molecular weight is 187 g/mol. The third kappa shape index (κ3) is 3.25. The quantitative estimate of drug-likeness (QED) is 0.687. The van der Waals surface area contributed by atoms with Gasteiger partial charge in [-0.25, -0.2) is 0 Å². The molecule has 0 spiro atoms. The van der Waals surface area contributed by atoms with Crippen LogP contribution in [0.25, 0.3) is 0 Å². The van der Waals surface area contributed by atoms with E-state index in [2.05, 4.69) is 0 Å². The van der Waals surface area contributed by atoms with Crippen LogP contribution in [0.4, 0.5) is 0 Å². The molecule has 1 unspecified atom stereocenters. The lowest BCUT2D eigenvalue weighted by Crippen LogP contribution is -2.39. The Balaban J connectivity index is 2.35. The minimum atomic E-state index is -0.637. The van der Waals surface area contributed by atoms with Crippen LogP contribution in [0.1, 0.15) is 32.6 Å². The number of nitrogens with two attached hydrogens (primary N) is 1. The van der Waals surface area contributed by atoms with Crippen LogP contribution in [0.5, 0.6) is 0 Å². The molecule has 0 radical (unpaired) electrons. The van der Waals surface area contributed by atoms with Gasteiger partial charge in [-0.2, -0.15) is 0 Å². The molecular weight excluding hydrogens is 166 g/mol. The molecule has 0 aromatic rings. The monoisotopic (exact) mass is 187 g/mol. The summed E-state index contributed by atoms with van der Waals surface area (Å²) in [5.74, 6) is 0.599. The predicted molar refractivity (Wildman–Crippen MR) is 52.5 cm³/mol. The molecule has 1 rings (SSSR count). The highest BCUT2D eigenvalue weighted by Gasteiger charge is 2.28. The fourth-order valence-electron chi connectivity index (χ4n) is 1.86. The van der Waals surface area contributed by atoms with Gasteiger partial charge in [0.05, 0.1) is 5.60 Å². The van der Waals surface area contributed by atoms with Crippen molar-refractivity contribution in [1.82, 2.24) is 0 Å². The lowest BCUT2D eigenvalue weighted by molar-refractivity contribution is -0.00844. The summed E-state index contributed by atoms with van der Waals surface area (Å²) < 4.78 is 5.27. The summed E-state index contributed by atoms with van der Waals surface area (Å²) in [5, 5.41) is 10.0. The smallest absolute Gasteiger partial charge is 0.0769 e. The van der Waals surface area contributed by atoms with Crippen molar-refractivity contribution in [3.8, 4) is 0 Å². The minimum Gasteiger partial charge on any atom is -0.389 e. The molecule has 0 aromatic heterocycles. The molecule has 1 saturated heterocycles. The summed E-state index contributed by atoms with van der Waals surface area (Å²) in [6.45, 7) is 4.05. The standard InChI is InChI=1S/C10H21NO2/c1-2-10(12,8-11)7-9-3-5-13-6-4-9/h9,12H,2-8,11H2,1H3. The second kappa shape index (κ2) is 4.94. The molecule has 0 aliphatic carbocycles. The van der Waals surface area contributed by atoms with Crippen molar-refractivity contribution in [2.75, 3.05) is 19.8 Å². The molecule has 1 aliphatic rings.